The first kappa shape index (κ1) is 9.19. The molecule has 0 radical (unpaired) electrons. The fraction of sp³-hybridized carbons (Fsp3) is 0.455. The molecule has 2 aromatic heterocycles. The third-order valence-electron chi connectivity index (χ3n) is 2.65. The molecule has 0 aliphatic rings. The van der Waals surface area contributed by atoms with Gasteiger partial charge in [0.15, 0.2) is 0 Å². The minimum atomic E-state index is 0.503. The van der Waals surface area contributed by atoms with E-state index in [2.05, 4.69) is 35.7 Å². The summed E-state index contributed by atoms with van der Waals surface area (Å²) in [6.07, 6.45) is 1.61. The van der Waals surface area contributed by atoms with Gasteiger partial charge in [0.25, 0.3) is 0 Å². The highest BCUT2D eigenvalue weighted by atomic mass is 14.9. The van der Waals surface area contributed by atoms with Gasteiger partial charge in [0.1, 0.15) is 12.0 Å². The van der Waals surface area contributed by atoms with Gasteiger partial charge >= 0.3 is 0 Å². The van der Waals surface area contributed by atoms with E-state index in [9.17, 15) is 0 Å². The van der Waals surface area contributed by atoms with Gasteiger partial charge < -0.3 is 4.98 Å². The van der Waals surface area contributed by atoms with E-state index in [1.165, 1.54) is 16.6 Å². The molecule has 1 N–H and O–H groups in total. The van der Waals surface area contributed by atoms with Crippen molar-refractivity contribution < 1.29 is 0 Å². The number of aromatic nitrogens is 3. The highest BCUT2D eigenvalue weighted by molar-refractivity contribution is 5.83. The lowest BCUT2D eigenvalue weighted by atomic mass is 10.1. The van der Waals surface area contributed by atoms with E-state index in [1.54, 1.807) is 6.33 Å². The number of fused-ring (bicyclic) bond motifs is 1. The lowest BCUT2D eigenvalue weighted by Gasteiger charge is -2.02. The summed E-state index contributed by atoms with van der Waals surface area (Å²) in [4.78, 5) is 11.8. The van der Waals surface area contributed by atoms with Crippen LogP contribution < -0.4 is 0 Å². The van der Waals surface area contributed by atoms with E-state index in [1.807, 2.05) is 6.92 Å². The quantitative estimate of drug-likeness (QED) is 0.749. The lowest BCUT2D eigenvalue weighted by molar-refractivity contribution is 0.826. The van der Waals surface area contributed by atoms with Gasteiger partial charge in [-0.05, 0) is 25.3 Å². The first-order valence-corrected chi connectivity index (χ1v) is 4.91. The van der Waals surface area contributed by atoms with Crippen molar-refractivity contribution >= 4 is 11.0 Å². The Bertz CT molecular complexity index is 469. The maximum absolute atomic E-state index is 4.24. The second-order valence-corrected chi connectivity index (χ2v) is 4.00. The van der Waals surface area contributed by atoms with Crippen LogP contribution >= 0.6 is 0 Å². The fourth-order valence-corrected chi connectivity index (χ4v) is 1.95. The molecule has 0 unspecified atom stereocenters. The molecule has 3 nitrogen and oxygen atoms in total. The Labute approximate surface area is 83.6 Å². The van der Waals surface area contributed by atoms with Crippen LogP contribution in [0.25, 0.3) is 11.0 Å². The van der Waals surface area contributed by atoms with E-state index >= 15 is 0 Å². The first-order valence-electron chi connectivity index (χ1n) is 4.91. The molecule has 14 heavy (non-hydrogen) atoms. The second-order valence-electron chi connectivity index (χ2n) is 4.00. The Morgan fingerprint density at radius 3 is 2.50 bits per heavy atom. The van der Waals surface area contributed by atoms with E-state index in [-0.39, 0.29) is 0 Å². The molecule has 2 heterocycles. The average molecular weight is 189 g/mol. The maximum atomic E-state index is 4.24. The Balaban J connectivity index is 2.81. The third-order valence-corrected chi connectivity index (χ3v) is 2.65. The van der Waals surface area contributed by atoms with Crippen LogP contribution in [0.1, 0.15) is 36.7 Å². The highest BCUT2D eigenvalue weighted by Crippen LogP contribution is 2.26. The molecule has 0 aromatic carbocycles. The van der Waals surface area contributed by atoms with Crippen LogP contribution in [0.15, 0.2) is 6.33 Å². The molecular weight excluding hydrogens is 174 g/mol. The number of nitrogens with zero attached hydrogens (tertiary/aromatic N) is 2. The van der Waals surface area contributed by atoms with Gasteiger partial charge in [-0.2, -0.15) is 0 Å². The van der Waals surface area contributed by atoms with Crippen molar-refractivity contribution in [1.29, 1.82) is 0 Å². The normalized spacial score (nSPS) is 11.5. The van der Waals surface area contributed by atoms with Crippen LogP contribution in [0.4, 0.5) is 0 Å². The van der Waals surface area contributed by atoms with E-state index < -0.39 is 0 Å². The van der Waals surface area contributed by atoms with Crippen LogP contribution in [0.3, 0.4) is 0 Å². The number of H-pyrrole nitrogens is 1. The largest absolute Gasteiger partial charge is 0.343 e. The molecule has 0 bridgehead atoms. The van der Waals surface area contributed by atoms with Crippen LogP contribution in [0.5, 0.6) is 0 Å². The molecule has 2 rings (SSSR count). The summed E-state index contributed by atoms with van der Waals surface area (Å²) >= 11 is 0. The summed E-state index contributed by atoms with van der Waals surface area (Å²) < 4.78 is 0. The smallest absolute Gasteiger partial charge is 0.141 e. The molecule has 0 saturated heterocycles. The molecule has 74 valence electrons. The minimum Gasteiger partial charge on any atom is -0.343 e. The number of hydrogen-bond donors (Lipinski definition) is 1. The summed E-state index contributed by atoms with van der Waals surface area (Å²) in [5.74, 6) is 0.503. The van der Waals surface area contributed by atoms with Crippen molar-refractivity contribution in [2.24, 2.45) is 0 Å². The number of hydrogen-bond acceptors (Lipinski definition) is 2. The van der Waals surface area contributed by atoms with Gasteiger partial charge in [0.2, 0.25) is 0 Å². The second kappa shape index (κ2) is 3.08. The third kappa shape index (κ3) is 1.20. The predicted octanol–water partition coefficient (Wildman–Crippen LogP) is 2.70. The Hall–Kier alpha value is -1.38. The summed E-state index contributed by atoms with van der Waals surface area (Å²) in [6, 6.07) is 0. The number of aryl methyl sites for hydroxylation is 2. The number of rotatable bonds is 1. The molecule has 0 saturated carbocycles. The van der Waals surface area contributed by atoms with Crippen molar-refractivity contribution in [3.8, 4) is 0 Å². The molecule has 0 amide bonds. The number of aromatic amines is 1. The zero-order chi connectivity index (χ0) is 10.3. The topological polar surface area (TPSA) is 41.6 Å². The van der Waals surface area contributed by atoms with Crippen LogP contribution in [-0.2, 0) is 0 Å². The molecule has 0 spiro atoms. The van der Waals surface area contributed by atoms with E-state index in [0.29, 0.717) is 5.92 Å². The Morgan fingerprint density at radius 2 is 1.93 bits per heavy atom. The first-order chi connectivity index (χ1) is 6.61. The minimum absolute atomic E-state index is 0.503. The number of nitrogens with one attached hydrogen (secondary N) is 1. The molecule has 0 aliphatic carbocycles. The molecular formula is C11H15N3. The standard InChI is InChI=1S/C11H15N3/c1-6(2)10-7(3)9-8(4)12-5-13-11(9)14-10/h5-6H,1-4H3,(H,12,13,14). The van der Waals surface area contributed by atoms with Gasteiger partial charge in [0.05, 0.1) is 5.69 Å². The molecule has 0 aliphatic heterocycles. The van der Waals surface area contributed by atoms with Gasteiger partial charge in [-0.1, -0.05) is 13.8 Å². The zero-order valence-corrected chi connectivity index (χ0v) is 9.05. The zero-order valence-electron chi connectivity index (χ0n) is 9.05. The Kier molecular flexibility index (Phi) is 2.02. The van der Waals surface area contributed by atoms with Crippen molar-refractivity contribution in [3.05, 3.63) is 23.3 Å². The van der Waals surface area contributed by atoms with Crippen LogP contribution in [0, 0.1) is 13.8 Å². The summed E-state index contributed by atoms with van der Waals surface area (Å²) in [6.45, 7) is 8.51. The van der Waals surface area contributed by atoms with Gasteiger partial charge in [-0.25, -0.2) is 9.97 Å². The molecule has 0 fully saturated rings. The molecule has 2 aromatic rings. The lowest BCUT2D eigenvalue weighted by Crippen LogP contribution is -1.89. The van der Waals surface area contributed by atoms with Crippen molar-refractivity contribution in [2.75, 3.05) is 0 Å². The molecule has 0 atom stereocenters. The SMILES string of the molecule is Cc1ncnc2[nH]c(C(C)C)c(C)c12. The van der Waals surface area contributed by atoms with Crippen LogP contribution in [0.2, 0.25) is 0 Å². The van der Waals surface area contributed by atoms with E-state index in [4.69, 9.17) is 0 Å². The van der Waals surface area contributed by atoms with Gasteiger partial charge in [-0.15, -0.1) is 0 Å². The van der Waals surface area contributed by atoms with Crippen molar-refractivity contribution in [3.63, 3.8) is 0 Å². The summed E-state index contributed by atoms with van der Waals surface area (Å²) in [7, 11) is 0. The monoisotopic (exact) mass is 189 g/mol. The summed E-state index contributed by atoms with van der Waals surface area (Å²) in [5.41, 5.74) is 4.56. The van der Waals surface area contributed by atoms with Gasteiger partial charge in [-0.3, -0.25) is 0 Å². The molecule has 3 heteroatoms. The Morgan fingerprint density at radius 1 is 1.21 bits per heavy atom. The highest BCUT2D eigenvalue weighted by Gasteiger charge is 2.12. The fourth-order valence-electron chi connectivity index (χ4n) is 1.95. The summed E-state index contributed by atoms with van der Waals surface area (Å²) in [5, 5.41) is 1.18. The maximum Gasteiger partial charge on any atom is 0.141 e. The van der Waals surface area contributed by atoms with Crippen molar-refractivity contribution in [1.82, 2.24) is 15.0 Å². The van der Waals surface area contributed by atoms with E-state index in [0.717, 1.165) is 11.3 Å². The van der Waals surface area contributed by atoms with Crippen molar-refractivity contribution in [2.45, 2.75) is 33.6 Å². The van der Waals surface area contributed by atoms with Crippen LogP contribution in [-0.4, -0.2) is 15.0 Å². The predicted molar refractivity (Wildman–Crippen MR) is 57.5 cm³/mol. The van der Waals surface area contributed by atoms with Gasteiger partial charge in [0, 0.05) is 11.1 Å². The average Bonchev–Trinajstić information content (AvgIpc) is 2.45.